The van der Waals surface area contributed by atoms with E-state index in [4.69, 9.17) is 23.2 Å². The summed E-state index contributed by atoms with van der Waals surface area (Å²) in [7, 11) is 0. The normalized spacial score (nSPS) is 21.4. The van der Waals surface area contributed by atoms with E-state index in [0.717, 1.165) is 23.6 Å². The number of hydrogen-bond acceptors (Lipinski definition) is 1. The maximum absolute atomic E-state index is 6.18. The zero-order valence-corrected chi connectivity index (χ0v) is 12.9. The molecule has 0 aromatic heterocycles. The smallest absolute Gasteiger partial charge is 0.0638 e. The van der Waals surface area contributed by atoms with Crippen LogP contribution in [0.1, 0.15) is 29.9 Å². The standard InChI is InChI=1S/C17H17Cl2N/c1-11-4-2-3-5-15(11)12-8-14(9-12)20-17-10-13(18)6-7-16(17)19/h2-7,10,12,14,20H,8-9H2,1H3. The average Bonchev–Trinajstić information content (AvgIpc) is 2.38. The fourth-order valence-electron chi connectivity index (χ4n) is 2.86. The molecule has 0 radical (unpaired) electrons. The summed E-state index contributed by atoms with van der Waals surface area (Å²) in [5, 5.41) is 4.94. The van der Waals surface area contributed by atoms with E-state index in [1.807, 2.05) is 18.2 Å². The van der Waals surface area contributed by atoms with Crippen LogP contribution in [0.4, 0.5) is 5.69 Å². The first-order chi connectivity index (χ1) is 9.63. The van der Waals surface area contributed by atoms with Gasteiger partial charge in [0.05, 0.1) is 10.7 Å². The molecular formula is C17H17Cl2N. The molecule has 0 atom stereocenters. The van der Waals surface area contributed by atoms with Crippen LogP contribution in [0, 0.1) is 6.92 Å². The molecule has 0 amide bonds. The van der Waals surface area contributed by atoms with Crippen molar-refractivity contribution in [3.05, 3.63) is 63.6 Å². The lowest BCUT2D eigenvalue weighted by atomic mass is 9.74. The minimum absolute atomic E-state index is 0.482. The van der Waals surface area contributed by atoms with Gasteiger partial charge in [-0.25, -0.2) is 0 Å². The van der Waals surface area contributed by atoms with E-state index in [0.29, 0.717) is 17.0 Å². The van der Waals surface area contributed by atoms with E-state index in [-0.39, 0.29) is 0 Å². The van der Waals surface area contributed by atoms with Gasteiger partial charge >= 0.3 is 0 Å². The molecule has 3 rings (SSSR count). The van der Waals surface area contributed by atoms with Crippen molar-refractivity contribution in [1.29, 1.82) is 0 Å². The van der Waals surface area contributed by atoms with Gasteiger partial charge < -0.3 is 5.32 Å². The van der Waals surface area contributed by atoms with Crippen LogP contribution in [0.25, 0.3) is 0 Å². The Morgan fingerprint density at radius 3 is 2.55 bits per heavy atom. The number of anilines is 1. The fraction of sp³-hybridized carbons (Fsp3) is 0.294. The molecule has 0 unspecified atom stereocenters. The molecular weight excluding hydrogens is 289 g/mol. The Kier molecular flexibility index (Phi) is 3.91. The quantitative estimate of drug-likeness (QED) is 0.771. The first-order valence-corrected chi connectivity index (χ1v) is 7.66. The summed E-state index contributed by atoms with van der Waals surface area (Å²) in [6.07, 6.45) is 2.29. The Hall–Kier alpha value is -1.18. The van der Waals surface area contributed by atoms with Crippen LogP contribution in [-0.4, -0.2) is 6.04 Å². The third-order valence-electron chi connectivity index (χ3n) is 4.05. The van der Waals surface area contributed by atoms with E-state index in [1.165, 1.54) is 11.1 Å². The summed E-state index contributed by atoms with van der Waals surface area (Å²) in [4.78, 5) is 0. The highest BCUT2D eigenvalue weighted by Gasteiger charge is 2.31. The maximum atomic E-state index is 6.18. The molecule has 2 aromatic carbocycles. The minimum Gasteiger partial charge on any atom is -0.381 e. The van der Waals surface area contributed by atoms with Crippen molar-refractivity contribution in [2.45, 2.75) is 31.7 Å². The second-order valence-corrected chi connectivity index (χ2v) is 6.33. The SMILES string of the molecule is Cc1ccccc1C1CC(Nc2cc(Cl)ccc2Cl)C1. The van der Waals surface area contributed by atoms with Crippen molar-refractivity contribution in [2.75, 3.05) is 5.32 Å². The Labute approximate surface area is 129 Å². The highest BCUT2D eigenvalue weighted by Crippen LogP contribution is 2.40. The van der Waals surface area contributed by atoms with Gasteiger partial charge in [-0.2, -0.15) is 0 Å². The van der Waals surface area contributed by atoms with Crippen molar-refractivity contribution in [1.82, 2.24) is 0 Å². The zero-order chi connectivity index (χ0) is 14.1. The molecule has 1 nitrogen and oxygen atoms in total. The second kappa shape index (κ2) is 5.67. The Morgan fingerprint density at radius 1 is 1.05 bits per heavy atom. The molecule has 1 N–H and O–H groups in total. The van der Waals surface area contributed by atoms with Crippen molar-refractivity contribution in [3.63, 3.8) is 0 Å². The van der Waals surface area contributed by atoms with Crippen molar-refractivity contribution in [3.8, 4) is 0 Å². The van der Waals surface area contributed by atoms with Crippen LogP contribution in [0.5, 0.6) is 0 Å². The molecule has 1 saturated carbocycles. The van der Waals surface area contributed by atoms with Gasteiger partial charge in [-0.1, -0.05) is 47.5 Å². The molecule has 0 bridgehead atoms. The Bertz CT molecular complexity index is 618. The lowest BCUT2D eigenvalue weighted by Crippen LogP contribution is -2.34. The highest BCUT2D eigenvalue weighted by atomic mass is 35.5. The lowest BCUT2D eigenvalue weighted by molar-refractivity contribution is 0.373. The van der Waals surface area contributed by atoms with Crippen molar-refractivity contribution < 1.29 is 0 Å². The number of halogens is 2. The van der Waals surface area contributed by atoms with Crippen LogP contribution in [0.3, 0.4) is 0 Å². The van der Waals surface area contributed by atoms with Gasteiger partial charge in [0.25, 0.3) is 0 Å². The topological polar surface area (TPSA) is 12.0 Å². The summed E-state index contributed by atoms with van der Waals surface area (Å²) >= 11 is 12.2. The molecule has 1 aliphatic carbocycles. The van der Waals surface area contributed by atoms with E-state index >= 15 is 0 Å². The van der Waals surface area contributed by atoms with Crippen molar-refractivity contribution >= 4 is 28.9 Å². The van der Waals surface area contributed by atoms with Gasteiger partial charge in [0, 0.05) is 11.1 Å². The number of hydrogen-bond donors (Lipinski definition) is 1. The van der Waals surface area contributed by atoms with Crippen LogP contribution >= 0.6 is 23.2 Å². The average molecular weight is 306 g/mol. The van der Waals surface area contributed by atoms with Gasteiger partial charge in [0.1, 0.15) is 0 Å². The van der Waals surface area contributed by atoms with Crippen LogP contribution in [0.15, 0.2) is 42.5 Å². The zero-order valence-electron chi connectivity index (χ0n) is 11.4. The van der Waals surface area contributed by atoms with Crippen LogP contribution in [0.2, 0.25) is 10.0 Å². The predicted molar refractivity (Wildman–Crippen MR) is 87.0 cm³/mol. The number of benzene rings is 2. The Balaban J connectivity index is 1.64. The van der Waals surface area contributed by atoms with E-state index in [9.17, 15) is 0 Å². The maximum Gasteiger partial charge on any atom is 0.0638 e. The molecule has 0 heterocycles. The molecule has 0 saturated heterocycles. The number of nitrogens with one attached hydrogen (secondary N) is 1. The second-order valence-electron chi connectivity index (χ2n) is 5.49. The molecule has 3 heteroatoms. The fourth-order valence-corrected chi connectivity index (χ4v) is 3.21. The summed E-state index contributed by atoms with van der Waals surface area (Å²) in [6.45, 7) is 2.18. The molecule has 2 aromatic rings. The summed E-state index contributed by atoms with van der Waals surface area (Å²) < 4.78 is 0. The molecule has 104 valence electrons. The monoisotopic (exact) mass is 305 g/mol. The summed E-state index contributed by atoms with van der Waals surface area (Å²) in [5.41, 5.74) is 3.80. The van der Waals surface area contributed by atoms with Gasteiger partial charge in [-0.05, 0) is 55.0 Å². The predicted octanol–water partition coefficient (Wildman–Crippen LogP) is 5.66. The van der Waals surface area contributed by atoms with Crippen molar-refractivity contribution in [2.24, 2.45) is 0 Å². The minimum atomic E-state index is 0.482. The largest absolute Gasteiger partial charge is 0.381 e. The molecule has 0 aliphatic heterocycles. The summed E-state index contributed by atoms with van der Waals surface area (Å²) in [5.74, 6) is 0.659. The first-order valence-electron chi connectivity index (χ1n) is 6.90. The van der Waals surface area contributed by atoms with Crippen LogP contribution < -0.4 is 5.32 Å². The van der Waals surface area contributed by atoms with E-state index in [1.54, 1.807) is 0 Å². The molecule has 1 aliphatic rings. The van der Waals surface area contributed by atoms with Gasteiger partial charge in [0.2, 0.25) is 0 Å². The third kappa shape index (κ3) is 2.79. The lowest BCUT2D eigenvalue weighted by Gasteiger charge is -2.37. The third-order valence-corrected chi connectivity index (χ3v) is 4.62. The molecule has 1 fully saturated rings. The Morgan fingerprint density at radius 2 is 1.80 bits per heavy atom. The summed E-state index contributed by atoms with van der Waals surface area (Å²) in [6, 6.07) is 14.7. The van der Waals surface area contributed by atoms with E-state index < -0.39 is 0 Å². The number of rotatable bonds is 3. The number of aryl methyl sites for hydroxylation is 1. The van der Waals surface area contributed by atoms with Gasteiger partial charge in [0.15, 0.2) is 0 Å². The van der Waals surface area contributed by atoms with E-state index in [2.05, 4.69) is 36.5 Å². The molecule has 0 spiro atoms. The van der Waals surface area contributed by atoms with Gasteiger partial charge in [-0.3, -0.25) is 0 Å². The van der Waals surface area contributed by atoms with Crippen LogP contribution in [-0.2, 0) is 0 Å². The first kappa shape index (κ1) is 13.8. The highest BCUT2D eigenvalue weighted by molar-refractivity contribution is 6.35. The van der Waals surface area contributed by atoms with Gasteiger partial charge in [-0.15, -0.1) is 0 Å². The molecule has 20 heavy (non-hydrogen) atoms.